The van der Waals surface area contributed by atoms with Crippen LogP contribution in [0.5, 0.6) is 5.75 Å². The number of fused-ring (bicyclic) bond motifs is 1. The van der Waals surface area contributed by atoms with Crippen LogP contribution in [0.15, 0.2) is 28.8 Å². The molecule has 2 aliphatic rings. The fourth-order valence-electron chi connectivity index (χ4n) is 3.32. The van der Waals surface area contributed by atoms with Gasteiger partial charge < -0.3 is 14.2 Å². The molecule has 2 aromatic rings. The average Bonchev–Trinajstić information content (AvgIpc) is 3.25. The standard InChI is InChI=1S/C16H17N3O3/c1-10-17-15(18-22-10)13-6-4-8-19(13)16(20)12-9-21-14-7-3-2-5-11(12)14/h2-3,5,7,12-13H,4,6,8-9H2,1H3. The van der Waals surface area contributed by atoms with E-state index in [2.05, 4.69) is 10.1 Å². The molecule has 1 fully saturated rings. The van der Waals surface area contributed by atoms with Crippen LogP contribution in [-0.4, -0.2) is 34.1 Å². The number of carbonyl (C=O) groups excluding carboxylic acids is 1. The van der Waals surface area contributed by atoms with E-state index in [0.717, 1.165) is 30.7 Å². The lowest BCUT2D eigenvalue weighted by molar-refractivity contribution is -0.134. The molecule has 2 unspecified atom stereocenters. The maximum absolute atomic E-state index is 13.0. The number of amides is 1. The first-order chi connectivity index (χ1) is 10.7. The van der Waals surface area contributed by atoms with Gasteiger partial charge in [0.05, 0.1) is 6.04 Å². The molecule has 6 nitrogen and oxygen atoms in total. The smallest absolute Gasteiger partial charge is 0.234 e. The highest BCUT2D eigenvalue weighted by molar-refractivity contribution is 5.86. The Morgan fingerprint density at radius 2 is 2.23 bits per heavy atom. The fourth-order valence-corrected chi connectivity index (χ4v) is 3.32. The zero-order valence-corrected chi connectivity index (χ0v) is 12.4. The maximum Gasteiger partial charge on any atom is 0.234 e. The molecule has 6 heteroatoms. The highest BCUT2D eigenvalue weighted by Gasteiger charge is 2.39. The number of carbonyl (C=O) groups is 1. The number of ether oxygens (including phenoxy) is 1. The van der Waals surface area contributed by atoms with Crippen LogP contribution < -0.4 is 4.74 Å². The van der Waals surface area contributed by atoms with Crippen molar-refractivity contribution < 1.29 is 14.1 Å². The first kappa shape index (κ1) is 13.3. The summed E-state index contributed by atoms with van der Waals surface area (Å²) >= 11 is 0. The monoisotopic (exact) mass is 299 g/mol. The van der Waals surface area contributed by atoms with Crippen molar-refractivity contribution in [2.45, 2.75) is 31.7 Å². The molecule has 3 heterocycles. The lowest BCUT2D eigenvalue weighted by Crippen LogP contribution is -2.35. The molecule has 0 N–H and O–H groups in total. The van der Waals surface area contributed by atoms with Gasteiger partial charge in [-0.1, -0.05) is 23.4 Å². The molecule has 1 aromatic heterocycles. The van der Waals surface area contributed by atoms with Crippen LogP contribution in [0.4, 0.5) is 0 Å². The van der Waals surface area contributed by atoms with Crippen LogP contribution in [0.2, 0.25) is 0 Å². The van der Waals surface area contributed by atoms with Gasteiger partial charge in [-0.15, -0.1) is 0 Å². The summed E-state index contributed by atoms with van der Waals surface area (Å²) in [7, 11) is 0. The van der Waals surface area contributed by atoms with Gasteiger partial charge in [-0.05, 0) is 18.9 Å². The Bertz CT molecular complexity index is 712. The second-order valence-corrected chi connectivity index (χ2v) is 5.76. The second-order valence-electron chi connectivity index (χ2n) is 5.76. The third kappa shape index (κ3) is 2.06. The molecule has 2 aliphatic heterocycles. The molecule has 1 saturated heterocycles. The highest BCUT2D eigenvalue weighted by Crippen LogP contribution is 2.38. The number of likely N-dealkylation sites (tertiary alicyclic amines) is 1. The minimum atomic E-state index is -0.232. The molecule has 2 atom stereocenters. The summed E-state index contributed by atoms with van der Waals surface area (Å²) in [5, 5.41) is 3.99. The normalized spacial score (nSPS) is 23.4. The van der Waals surface area contributed by atoms with Crippen molar-refractivity contribution >= 4 is 5.91 Å². The fraction of sp³-hybridized carbons (Fsp3) is 0.438. The molecule has 22 heavy (non-hydrogen) atoms. The molecular formula is C16H17N3O3. The number of benzene rings is 1. The van der Waals surface area contributed by atoms with Gasteiger partial charge in [0.1, 0.15) is 18.3 Å². The van der Waals surface area contributed by atoms with Crippen molar-refractivity contribution in [3.05, 3.63) is 41.5 Å². The summed E-state index contributed by atoms with van der Waals surface area (Å²) in [4.78, 5) is 19.1. The number of rotatable bonds is 2. The van der Waals surface area contributed by atoms with Crippen molar-refractivity contribution in [3.8, 4) is 5.75 Å². The molecule has 0 radical (unpaired) electrons. The molecule has 0 bridgehead atoms. The number of para-hydroxylation sites is 1. The minimum absolute atomic E-state index is 0.0855. The molecule has 0 spiro atoms. The van der Waals surface area contributed by atoms with Crippen molar-refractivity contribution in [2.75, 3.05) is 13.2 Å². The molecule has 0 aliphatic carbocycles. The van der Waals surface area contributed by atoms with E-state index >= 15 is 0 Å². The summed E-state index contributed by atoms with van der Waals surface area (Å²) in [6.07, 6.45) is 1.83. The van der Waals surface area contributed by atoms with Gasteiger partial charge in [-0.2, -0.15) is 4.98 Å². The van der Waals surface area contributed by atoms with E-state index in [1.165, 1.54) is 0 Å². The lowest BCUT2D eigenvalue weighted by Gasteiger charge is -2.25. The third-order valence-electron chi connectivity index (χ3n) is 4.38. The molecule has 0 saturated carbocycles. The lowest BCUT2D eigenvalue weighted by atomic mass is 9.99. The Morgan fingerprint density at radius 3 is 3.05 bits per heavy atom. The van der Waals surface area contributed by atoms with Gasteiger partial charge in [0.15, 0.2) is 5.82 Å². The van der Waals surface area contributed by atoms with E-state index in [1.54, 1.807) is 6.92 Å². The number of hydrogen-bond donors (Lipinski definition) is 0. The largest absolute Gasteiger partial charge is 0.492 e. The van der Waals surface area contributed by atoms with Crippen LogP contribution >= 0.6 is 0 Å². The van der Waals surface area contributed by atoms with Crippen LogP contribution in [0.25, 0.3) is 0 Å². The van der Waals surface area contributed by atoms with Crippen LogP contribution in [0, 0.1) is 6.92 Å². The predicted octanol–water partition coefficient (Wildman–Crippen LogP) is 2.22. The van der Waals surface area contributed by atoms with E-state index in [9.17, 15) is 4.79 Å². The molecule has 114 valence electrons. The average molecular weight is 299 g/mol. The van der Waals surface area contributed by atoms with Gasteiger partial charge in [-0.3, -0.25) is 4.79 Å². The van der Waals surface area contributed by atoms with Gasteiger partial charge in [0.25, 0.3) is 0 Å². The summed E-state index contributed by atoms with van der Waals surface area (Å²) < 4.78 is 10.7. The van der Waals surface area contributed by atoms with Crippen LogP contribution in [0.3, 0.4) is 0 Å². The topological polar surface area (TPSA) is 68.5 Å². The van der Waals surface area contributed by atoms with E-state index in [4.69, 9.17) is 9.26 Å². The molecule has 1 aromatic carbocycles. The zero-order chi connectivity index (χ0) is 15.1. The Kier molecular flexibility index (Phi) is 3.10. The summed E-state index contributed by atoms with van der Waals surface area (Å²) in [5.41, 5.74) is 0.974. The summed E-state index contributed by atoms with van der Waals surface area (Å²) in [6, 6.07) is 7.66. The Morgan fingerprint density at radius 1 is 1.36 bits per heavy atom. The van der Waals surface area contributed by atoms with E-state index in [-0.39, 0.29) is 17.9 Å². The van der Waals surface area contributed by atoms with Crippen LogP contribution in [-0.2, 0) is 4.79 Å². The van der Waals surface area contributed by atoms with Gasteiger partial charge in [-0.25, -0.2) is 0 Å². The van der Waals surface area contributed by atoms with E-state index in [1.807, 2.05) is 29.2 Å². The Hall–Kier alpha value is -2.37. The summed E-state index contributed by atoms with van der Waals surface area (Å²) in [5.74, 6) is 1.81. The zero-order valence-electron chi connectivity index (χ0n) is 12.4. The number of nitrogens with zero attached hydrogens (tertiary/aromatic N) is 3. The minimum Gasteiger partial charge on any atom is -0.492 e. The Labute approximate surface area is 128 Å². The highest BCUT2D eigenvalue weighted by atomic mass is 16.5. The first-order valence-electron chi connectivity index (χ1n) is 7.56. The third-order valence-corrected chi connectivity index (χ3v) is 4.38. The molecule has 1 amide bonds. The van der Waals surface area contributed by atoms with Gasteiger partial charge in [0, 0.05) is 19.0 Å². The number of hydrogen-bond acceptors (Lipinski definition) is 5. The van der Waals surface area contributed by atoms with E-state index < -0.39 is 0 Å². The van der Waals surface area contributed by atoms with E-state index in [0.29, 0.717) is 18.3 Å². The Balaban J connectivity index is 1.60. The van der Waals surface area contributed by atoms with Crippen molar-refractivity contribution in [2.24, 2.45) is 0 Å². The quantitative estimate of drug-likeness (QED) is 0.850. The second kappa shape index (κ2) is 5.12. The van der Waals surface area contributed by atoms with Crippen molar-refractivity contribution in [1.29, 1.82) is 0 Å². The van der Waals surface area contributed by atoms with Crippen molar-refractivity contribution in [1.82, 2.24) is 15.0 Å². The van der Waals surface area contributed by atoms with Gasteiger partial charge >= 0.3 is 0 Å². The number of aromatic nitrogens is 2. The summed E-state index contributed by atoms with van der Waals surface area (Å²) in [6.45, 7) is 2.90. The van der Waals surface area contributed by atoms with Crippen molar-refractivity contribution in [3.63, 3.8) is 0 Å². The number of aryl methyl sites for hydroxylation is 1. The predicted molar refractivity (Wildman–Crippen MR) is 77.4 cm³/mol. The molecule has 4 rings (SSSR count). The SMILES string of the molecule is Cc1nc(C2CCCN2C(=O)C2COc3ccccc32)no1. The maximum atomic E-state index is 13.0. The first-order valence-corrected chi connectivity index (χ1v) is 7.56. The molecular weight excluding hydrogens is 282 g/mol. The van der Waals surface area contributed by atoms with Gasteiger partial charge in [0.2, 0.25) is 11.8 Å². The van der Waals surface area contributed by atoms with Crippen LogP contribution in [0.1, 0.15) is 42.1 Å².